The number of carbonyl (C=O) groups excluding carboxylic acids is 2. The molecule has 0 aromatic heterocycles. The highest BCUT2D eigenvalue weighted by molar-refractivity contribution is 5.85. The number of amides is 2. The molecule has 2 amide bonds. The lowest BCUT2D eigenvalue weighted by Crippen LogP contribution is -2.49. The minimum Gasteiger partial charge on any atom is -0.342 e. The zero-order valence-electron chi connectivity index (χ0n) is 14.4. The van der Waals surface area contributed by atoms with Gasteiger partial charge in [0.2, 0.25) is 11.8 Å². The molecular weight excluding hydrogens is 307 g/mol. The van der Waals surface area contributed by atoms with Gasteiger partial charge in [0.15, 0.2) is 0 Å². The van der Waals surface area contributed by atoms with E-state index in [0.29, 0.717) is 24.3 Å². The molecule has 0 unspecified atom stereocenters. The fourth-order valence-corrected chi connectivity index (χ4v) is 4.06. The number of nitrogens with zero attached hydrogens (tertiary/aromatic N) is 2. The van der Waals surface area contributed by atoms with Crippen molar-refractivity contribution in [3.05, 3.63) is 35.6 Å². The molecule has 2 heterocycles. The molecule has 2 saturated heterocycles. The van der Waals surface area contributed by atoms with Crippen LogP contribution in [-0.4, -0.2) is 41.8 Å². The summed E-state index contributed by atoms with van der Waals surface area (Å²) < 4.78 is 14.4. The van der Waals surface area contributed by atoms with Crippen molar-refractivity contribution < 1.29 is 14.0 Å². The predicted octanol–water partition coefficient (Wildman–Crippen LogP) is 2.99. The maximum absolute atomic E-state index is 14.4. The molecule has 24 heavy (non-hydrogen) atoms. The van der Waals surface area contributed by atoms with Crippen LogP contribution in [0.15, 0.2) is 24.3 Å². The van der Waals surface area contributed by atoms with Gasteiger partial charge in [0.25, 0.3) is 0 Å². The molecule has 1 aromatic carbocycles. The molecule has 0 spiro atoms. The second-order valence-electron chi connectivity index (χ2n) is 7.15. The van der Waals surface area contributed by atoms with Crippen LogP contribution in [0, 0.1) is 17.7 Å². The van der Waals surface area contributed by atoms with Crippen LogP contribution in [0.1, 0.15) is 44.2 Å². The summed E-state index contributed by atoms with van der Waals surface area (Å²) in [6.07, 6.45) is 3.00. The highest BCUT2D eigenvalue weighted by Gasteiger charge is 2.42. The molecular formula is C19H25FN2O2. The van der Waals surface area contributed by atoms with Gasteiger partial charge in [-0.25, -0.2) is 4.39 Å². The Hall–Kier alpha value is -1.91. The molecule has 0 aliphatic carbocycles. The summed E-state index contributed by atoms with van der Waals surface area (Å²) in [6, 6.07) is 5.96. The maximum atomic E-state index is 14.4. The Labute approximate surface area is 142 Å². The first-order valence-electron chi connectivity index (χ1n) is 8.78. The first-order valence-corrected chi connectivity index (χ1v) is 8.78. The second kappa shape index (κ2) is 6.91. The average molecular weight is 332 g/mol. The number of hydrogen-bond donors (Lipinski definition) is 0. The number of carbonyl (C=O) groups is 2. The van der Waals surface area contributed by atoms with Crippen LogP contribution in [0.5, 0.6) is 0 Å². The van der Waals surface area contributed by atoms with Gasteiger partial charge in [-0.1, -0.05) is 25.1 Å². The summed E-state index contributed by atoms with van der Waals surface area (Å²) in [5.41, 5.74) is 0.441. The van der Waals surface area contributed by atoms with E-state index in [1.807, 2.05) is 4.90 Å². The minimum atomic E-state index is -0.516. The van der Waals surface area contributed by atoms with Gasteiger partial charge in [0.05, 0.1) is 12.0 Å². The summed E-state index contributed by atoms with van der Waals surface area (Å²) >= 11 is 0. The van der Waals surface area contributed by atoms with Gasteiger partial charge in [-0.05, 0) is 31.2 Å². The SMILES string of the molecule is C[C@@H]1CCCN(C(=O)[C@@H]2CCC(=O)N(C)[C@@H]2c2ccccc2F)C1. The number of rotatable bonds is 2. The van der Waals surface area contributed by atoms with Crippen LogP contribution in [-0.2, 0) is 9.59 Å². The molecule has 0 N–H and O–H groups in total. The Bertz CT molecular complexity index is 634. The van der Waals surface area contributed by atoms with E-state index < -0.39 is 6.04 Å². The molecule has 2 fully saturated rings. The van der Waals surface area contributed by atoms with Crippen molar-refractivity contribution >= 4 is 11.8 Å². The van der Waals surface area contributed by atoms with Crippen molar-refractivity contribution in [1.82, 2.24) is 9.80 Å². The molecule has 0 radical (unpaired) electrons. The molecule has 1 aromatic rings. The molecule has 4 nitrogen and oxygen atoms in total. The summed E-state index contributed by atoms with van der Waals surface area (Å²) in [4.78, 5) is 28.7. The van der Waals surface area contributed by atoms with Crippen molar-refractivity contribution in [3.63, 3.8) is 0 Å². The van der Waals surface area contributed by atoms with E-state index in [2.05, 4.69) is 6.92 Å². The van der Waals surface area contributed by atoms with Gasteiger partial charge in [0, 0.05) is 32.1 Å². The third-order valence-electron chi connectivity index (χ3n) is 5.37. The number of piperidine rings is 2. The highest BCUT2D eigenvalue weighted by Crippen LogP contribution is 2.38. The van der Waals surface area contributed by atoms with E-state index in [1.165, 1.54) is 6.07 Å². The molecule has 130 valence electrons. The highest BCUT2D eigenvalue weighted by atomic mass is 19.1. The lowest BCUT2D eigenvalue weighted by molar-refractivity contribution is -0.147. The van der Waals surface area contributed by atoms with E-state index in [9.17, 15) is 14.0 Å². The number of benzene rings is 1. The summed E-state index contributed by atoms with van der Waals surface area (Å²) in [7, 11) is 1.68. The van der Waals surface area contributed by atoms with Crippen molar-refractivity contribution in [2.45, 2.75) is 38.6 Å². The van der Waals surface area contributed by atoms with Crippen LogP contribution >= 0.6 is 0 Å². The Kier molecular flexibility index (Phi) is 4.88. The van der Waals surface area contributed by atoms with Crippen LogP contribution < -0.4 is 0 Å². The van der Waals surface area contributed by atoms with Crippen LogP contribution in [0.2, 0.25) is 0 Å². The van der Waals surface area contributed by atoms with Gasteiger partial charge in [0.1, 0.15) is 5.82 Å². The first-order chi connectivity index (χ1) is 11.5. The fourth-order valence-electron chi connectivity index (χ4n) is 4.06. The number of hydrogen-bond acceptors (Lipinski definition) is 2. The first kappa shape index (κ1) is 16.9. The van der Waals surface area contributed by atoms with E-state index in [0.717, 1.165) is 25.9 Å². The zero-order chi connectivity index (χ0) is 17.3. The number of halogens is 1. The average Bonchev–Trinajstić information content (AvgIpc) is 2.57. The molecule has 2 aliphatic heterocycles. The molecule has 0 bridgehead atoms. The minimum absolute atomic E-state index is 0.0284. The smallest absolute Gasteiger partial charge is 0.228 e. The third-order valence-corrected chi connectivity index (χ3v) is 5.37. The van der Waals surface area contributed by atoms with Crippen molar-refractivity contribution in [2.75, 3.05) is 20.1 Å². The topological polar surface area (TPSA) is 40.6 Å². The lowest BCUT2D eigenvalue weighted by atomic mass is 9.82. The van der Waals surface area contributed by atoms with Gasteiger partial charge in [-0.2, -0.15) is 0 Å². The second-order valence-corrected chi connectivity index (χ2v) is 7.15. The van der Waals surface area contributed by atoms with E-state index in [-0.39, 0.29) is 23.5 Å². The van der Waals surface area contributed by atoms with Gasteiger partial charge in [-0.3, -0.25) is 9.59 Å². The van der Waals surface area contributed by atoms with Crippen molar-refractivity contribution in [1.29, 1.82) is 0 Å². The monoisotopic (exact) mass is 332 g/mol. The number of likely N-dealkylation sites (tertiary alicyclic amines) is 2. The van der Waals surface area contributed by atoms with Gasteiger partial charge in [-0.15, -0.1) is 0 Å². The Morgan fingerprint density at radius 2 is 2.00 bits per heavy atom. The Balaban J connectivity index is 1.90. The fraction of sp³-hybridized carbons (Fsp3) is 0.579. The lowest BCUT2D eigenvalue weighted by Gasteiger charge is -2.42. The summed E-state index contributed by atoms with van der Waals surface area (Å²) in [5, 5.41) is 0. The van der Waals surface area contributed by atoms with Crippen LogP contribution in [0.3, 0.4) is 0 Å². The molecule has 2 aliphatic rings. The largest absolute Gasteiger partial charge is 0.342 e. The van der Waals surface area contributed by atoms with Crippen LogP contribution in [0.4, 0.5) is 4.39 Å². The molecule has 0 saturated carbocycles. The standard InChI is InChI=1S/C19H25FN2O2/c1-13-6-5-11-22(12-13)19(24)15-9-10-17(23)21(2)18(15)14-7-3-4-8-16(14)20/h3-4,7-8,13,15,18H,5-6,9-12H2,1-2H3/t13-,15-,18-/m1/s1. The normalized spacial score (nSPS) is 28.1. The predicted molar refractivity (Wildman–Crippen MR) is 89.6 cm³/mol. The van der Waals surface area contributed by atoms with Crippen molar-refractivity contribution in [2.24, 2.45) is 11.8 Å². The van der Waals surface area contributed by atoms with E-state index in [4.69, 9.17) is 0 Å². The third kappa shape index (κ3) is 3.17. The Morgan fingerprint density at radius 3 is 2.71 bits per heavy atom. The summed E-state index contributed by atoms with van der Waals surface area (Å²) in [5.74, 6) is -0.185. The summed E-state index contributed by atoms with van der Waals surface area (Å²) in [6.45, 7) is 3.68. The van der Waals surface area contributed by atoms with Gasteiger partial charge >= 0.3 is 0 Å². The van der Waals surface area contributed by atoms with E-state index >= 15 is 0 Å². The Morgan fingerprint density at radius 1 is 1.25 bits per heavy atom. The zero-order valence-corrected chi connectivity index (χ0v) is 14.4. The maximum Gasteiger partial charge on any atom is 0.228 e. The molecule has 3 atom stereocenters. The molecule has 5 heteroatoms. The van der Waals surface area contributed by atoms with Crippen LogP contribution in [0.25, 0.3) is 0 Å². The van der Waals surface area contributed by atoms with Gasteiger partial charge < -0.3 is 9.80 Å². The quantitative estimate of drug-likeness (QED) is 0.835. The molecule has 3 rings (SSSR count). The van der Waals surface area contributed by atoms with Crippen molar-refractivity contribution in [3.8, 4) is 0 Å². The van der Waals surface area contributed by atoms with E-state index in [1.54, 1.807) is 30.1 Å².